The number of nitrogens with zero attached hydrogens (tertiary/aromatic N) is 2. The molecule has 1 heterocycles. The highest BCUT2D eigenvalue weighted by atomic mass is 16.5. The normalized spacial score (nSPS) is 12.0. The summed E-state index contributed by atoms with van der Waals surface area (Å²) in [5, 5.41) is 3.25. The summed E-state index contributed by atoms with van der Waals surface area (Å²) in [5.74, 6) is 0.582. The highest BCUT2D eigenvalue weighted by Gasteiger charge is 2.13. The third kappa shape index (κ3) is 4.85. The predicted octanol–water partition coefficient (Wildman–Crippen LogP) is 2.36. The minimum atomic E-state index is -0.194. The number of aromatic nitrogens is 2. The van der Waals surface area contributed by atoms with E-state index in [1.165, 1.54) is 0 Å². The number of hydrogen-bond donors (Lipinski definition) is 1. The molecule has 1 unspecified atom stereocenters. The van der Waals surface area contributed by atoms with Crippen LogP contribution in [0.1, 0.15) is 45.5 Å². The Kier molecular flexibility index (Phi) is 6.25. The topological polar surface area (TPSA) is 64.1 Å². The van der Waals surface area contributed by atoms with Crippen LogP contribution in [-0.4, -0.2) is 28.6 Å². The Morgan fingerprint density at radius 2 is 2.11 bits per heavy atom. The predicted molar refractivity (Wildman–Crippen MR) is 75.1 cm³/mol. The van der Waals surface area contributed by atoms with Crippen LogP contribution >= 0.6 is 0 Å². The molecule has 0 spiro atoms. The molecule has 0 aromatic carbocycles. The van der Waals surface area contributed by atoms with Gasteiger partial charge in [0.15, 0.2) is 0 Å². The van der Waals surface area contributed by atoms with Gasteiger partial charge >= 0.3 is 5.97 Å². The zero-order chi connectivity index (χ0) is 14.3. The van der Waals surface area contributed by atoms with Crippen LogP contribution < -0.4 is 5.32 Å². The minimum absolute atomic E-state index is 0.0224. The van der Waals surface area contributed by atoms with Gasteiger partial charge in [-0.2, -0.15) is 0 Å². The van der Waals surface area contributed by atoms with E-state index < -0.39 is 0 Å². The molecule has 1 aromatic rings. The van der Waals surface area contributed by atoms with E-state index in [4.69, 9.17) is 4.74 Å². The first-order valence-electron chi connectivity index (χ1n) is 6.87. The summed E-state index contributed by atoms with van der Waals surface area (Å²) in [4.78, 5) is 20.3. The van der Waals surface area contributed by atoms with E-state index in [2.05, 4.69) is 15.3 Å². The van der Waals surface area contributed by atoms with Crippen LogP contribution in [-0.2, 0) is 22.4 Å². The molecule has 5 nitrogen and oxygen atoms in total. The van der Waals surface area contributed by atoms with Crippen molar-refractivity contribution in [3.63, 3.8) is 0 Å². The Bertz CT molecular complexity index is 421. The zero-order valence-electron chi connectivity index (χ0n) is 12.2. The van der Waals surface area contributed by atoms with Crippen molar-refractivity contribution in [2.75, 3.05) is 11.9 Å². The highest BCUT2D eigenvalue weighted by Crippen LogP contribution is 2.14. The second kappa shape index (κ2) is 7.71. The van der Waals surface area contributed by atoms with E-state index in [0.717, 1.165) is 30.0 Å². The van der Waals surface area contributed by atoms with E-state index in [1.54, 1.807) is 13.1 Å². The first kappa shape index (κ1) is 15.4. The highest BCUT2D eigenvalue weighted by molar-refractivity contribution is 5.70. The fourth-order valence-corrected chi connectivity index (χ4v) is 1.75. The molecule has 0 saturated carbocycles. The molecule has 0 aliphatic carbocycles. The summed E-state index contributed by atoms with van der Waals surface area (Å²) in [7, 11) is 0. The Balaban J connectivity index is 2.71. The summed E-state index contributed by atoms with van der Waals surface area (Å²) in [5.41, 5.74) is 1.87. The van der Waals surface area contributed by atoms with E-state index in [1.807, 2.05) is 20.8 Å². The number of ether oxygens (including phenoxy) is 1. The van der Waals surface area contributed by atoms with Crippen LogP contribution in [0.2, 0.25) is 0 Å². The van der Waals surface area contributed by atoms with Gasteiger partial charge in [0.2, 0.25) is 0 Å². The average molecular weight is 265 g/mol. The SMILES string of the molecule is CCOC(=O)CC(C)Nc1nc(CC)cnc1CC. The van der Waals surface area contributed by atoms with Gasteiger partial charge in [0.05, 0.1) is 24.4 Å². The number of hydrogen-bond acceptors (Lipinski definition) is 5. The molecular weight excluding hydrogens is 242 g/mol. The van der Waals surface area contributed by atoms with Gasteiger partial charge in [0.1, 0.15) is 5.82 Å². The van der Waals surface area contributed by atoms with Gasteiger partial charge in [-0.05, 0) is 26.7 Å². The Morgan fingerprint density at radius 3 is 2.68 bits per heavy atom. The molecule has 1 rings (SSSR count). The lowest BCUT2D eigenvalue weighted by atomic mass is 10.2. The van der Waals surface area contributed by atoms with Crippen molar-refractivity contribution in [3.8, 4) is 0 Å². The van der Waals surface area contributed by atoms with E-state index in [-0.39, 0.29) is 12.0 Å². The average Bonchev–Trinajstić information content (AvgIpc) is 2.38. The maximum absolute atomic E-state index is 11.4. The largest absolute Gasteiger partial charge is 0.466 e. The molecule has 1 aromatic heterocycles. The van der Waals surface area contributed by atoms with Crippen molar-refractivity contribution in [1.29, 1.82) is 0 Å². The number of anilines is 1. The van der Waals surface area contributed by atoms with Crippen LogP contribution in [0, 0.1) is 0 Å². The Hall–Kier alpha value is -1.65. The fourth-order valence-electron chi connectivity index (χ4n) is 1.75. The third-order valence-corrected chi connectivity index (χ3v) is 2.76. The smallest absolute Gasteiger partial charge is 0.307 e. The molecular formula is C14H23N3O2. The van der Waals surface area contributed by atoms with Crippen molar-refractivity contribution in [2.24, 2.45) is 0 Å². The number of rotatable bonds is 7. The molecule has 5 heteroatoms. The number of esters is 1. The van der Waals surface area contributed by atoms with Crippen LogP contribution in [0.3, 0.4) is 0 Å². The van der Waals surface area contributed by atoms with Gasteiger partial charge in [-0.15, -0.1) is 0 Å². The number of carbonyl (C=O) groups excluding carboxylic acids is 1. The maximum atomic E-state index is 11.4. The van der Waals surface area contributed by atoms with Crippen molar-refractivity contribution >= 4 is 11.8 Å². The summed E-state index contributed by atoms with van der Waals surface area (Å²) < 4.78 is 4.94. The van der Waals surface area contributed by atoms with Crippen molar-refractivity contribution < 1.29 is 9.53 Å². The maximum Gasteiger partial charge on any atom is 0.307 e. The van der Waals surface area contributed by atoms with Gasteiger partial charge < -0.3 is 10.1 Å². The second-order valence-corrected chi connectivity index (χ2v) is 4.42. The number of aryl methyl sites for hydroxylation is 2. The lowest BCUT2D eigenvalue weighted by molar-refractivity contribution is -0.143. The molecule has 1 N–H and O–H groups in total. The molecule has 0 fully saturated rings. The molecule has 1 atom stereocenters. The van der Waals surface area contributed by atoms with Crippen LogP contribution in [0.5, 0.6) is 0 Å². The lowest BCUT2D eigenvalue weighted by Gasteiger charge is -2.16. The standard InChI is InChI=1S/C14H23N3O2/c1-5-11-9-15-12(6-2)14(17-11)16-10(4)8-13(18)19-7-3/h9-10H,5-8H2,1-4H3,(H,16,17). The molecule has 0 bridgehead atoms. The van der Waals surface area contributed by atoms with Crippen molar-refractivity contribution in [1.82, 2.24) is 9.97 Å². The van der Waals surface area contributed by atoms with Gasteiger partial charge in [0, 0.05) is 12.2 Å². The third-order valence-electron chi connectivity index (χ3n) is 2.76. The van der Waals surface area contributed by atoms with Gasteiger partial charge in [-0.1, -0.05) is 13.8 Å². The monoisotopic (exact) mass is 265 g/mol. The van der Waals surface area contributed by atoms with Gasteiger partial charge in [-0.25, -0.2) is 4.98 Å². The Labute approximate surface area is 114 Å². The second-order valence-electron chi connectivity index (χ2n) is 4.42. The summed E-state index contributed by atoms with van der Waals surface area (Å²) >= 11 is 0. The van der Waals surface area contributed by atoms with Gasteiger partial charge in [0.25, 0.3) is 0 Å². The zero-order valence-corrected chi connectivity index (χ0v) is 12.2. The van der Waals surface area contributed by atoms with Crippen LogP contribution in [0.15, 0.2) is 6.20 Å². The summed E-state index contributed by atoms with van der Waals surface area (Å²) in [6.45, 7) is 8.24. The molecule has 0 aliphatic rings. The quantitative estimate of drug-likeness (QED) is 0.767. The molecule has 19 heavy (non-hydrogen) atoms. The summed E-state index contributed by atoms with van der Waals surface area (Å²) in [6, 6.07) is -0.0224. The van der Waals surface area contributed by atoms with Crippen molar-refractivity contribution in [2.45, 2.75) is 53.0 Å². The fraction of sp³-hybridized carbons (Fsp3) is 0.643. The molecule has 0 radical (unpaired) electrons. The van der Waals surface area contributed by atoms with Crippen LogP contribution in [0.25, 0.3) is 0 Å². The minimum Gasteiger partial charge on any atom is -0.466 e. The van der Waals surface area contributed by atoms with Crippen LogP contribution in [0.4, 0.5) is 5.82 Å². The van der Waals surface area contributed by atoms with Crippen molar-refractivity contribution in [3.05, 3.63) is 17.6 Å². The summed E-state index contributed by atoms with van der Waals surface area (Å²) in [6.07, 6.45) is 3.79. The molecule has 0 amide bonds. The molecule has 0 saturated heterocycles. The number of carbonyl (C=O) groups is 1. The first-order valence-corrected chi connectivity index (χ1v) is 6.87. The van der Waals surface area contributed by atoms with E-state index >= 15 is 0 Å². The molecule has 106 valence electrons. The first-order chi connectivity index (χ1) is 9.10. The number of nitrogens with one attached hydrogen (secondary N) is 1. The van der Waals surface area contributed by atoms with E-state index in [9.17, 15) is 4.79 Å². The Morgan fingerprint density at radius 1 is 1.37 bits per heavy atom. The van der Waals surface area contributed by atoms with E-state index in [0.29, 0.717) is 13.0 Å². The van der Waals surface area contributed by atoms with Gasteiger partial charge in [-0.3, -0.25) is 9.78 Å². The molecule has 0 aliphatic heterocycles. The lowest BCUT2D eigenvalue weighted by Crippen LogP contribution is -2.23.